The number of carbonyl (C=O) groups excluding carboxylic acids is 1. The standard InChI is InChI=1S/C24H16Br2N4O3S/c25-17-8-14(9-18(26)23(17)32)11-27-30-20(13-34-24(30)28-16-4-2-1-3-5-16)15-6-7-21-19(10-15)29-22(31)12-33-21/h1-11,13,32H,12H2,(H,29,31). The van der Waals surface area contributed by atoms with Crippen LogP contribution in [-0.2, 0) is 4.79 Å². The van der Waals surface area contributed by atoms with Crippen molar-refractivity contribution in [3.63, 3.8) is 0 Å². The van der Waals surface area contributed by atoms with E-state index in [0.29, 0.717) is 25.2 Å². The number of rotatable bonds is 4. The molecule has 1 aliphatic heterocycles. The third-order valence-electron chi connectivity index (χ3n) is 4.94. The summed E-state index contributed by atoms with van der Waals surface area (Å²) < 4.78 is 8.34. The minimum Gasteiger partial charge on any atom is -0.506 e. The molecule has 0 spiro atoms. The molecular formula is C24H16Br2N4O3S. The van der Waals surface area contributed by atoms with Crippen molar-refractivity contribution in [1.29, 1.82) is 0 Å². The van der Waals surface area contributed by atoms with Gasteiger partial charge in [0.25, 0.3) is 5.91 Å². The van der Waals surface area contributed by atoms with Crippen LogP contribution in [0, 0.1) is 0 Å². The van der Waals surface area contributed by atoms with Gasteiger partial charge in [-0.05, 0) is 79.9 Å². The average Bonchev–Trinajstić information content (AvgIpc) is 3.23. The Balaban J connectivity index is 1.63. The quantitative estimate of drug-likeness (QED) is 0.287. The van der Waals surface area contributed by atoms with Crippen molar-refractivity contribution < 1.29 is 14.6 Å². The fourth-order valence-corrected chi connectivity index (χ4v) is 5.40. The number of para-hydroxylation sites is 1. The SMILES string of the molecule is O=C1COc2ccc(-c3csc(=Nc4ccccc4)n3N=Cc3cc(Br)c(O)c(Br)c3)cc2N1. The first-order valence-electron chi connectivity index (χ1n) is 10.1. The van der Waals surface area contributed by atoms with Crippen molar-refractivity contribution >= 4 is 66.7 Å². The van der Waals surface area contributed by atoms with Crippen LogP contribution in [0.2, 0.25) is 0 Å². The van der Waals surface area contributed by atoms with Crippen molar-refractivity contribution in [2.45, 2.75) is 0 Å². The molecule has 0 saturated carbocycles. The van der Waals surface area contributed by atoms with Crippen LogP contribution in [0.1, 0.15) is 5.56 Å². The Morgan fingerprint density at radius 1 is 1.09 bits per heavy atom. The number of nitrogens with one attached hydrogen (secondary N) is 1. The molecule has 1 aliphatic rings. The van der Waals surface area contributed by atoms with Gasteiger partial charge in [0, 0.05) is 10.9 Å². The number of thiazole rings is 1. The molecule has 0 bridgehead atoms. The minimum atomic E-state index is -0.191. The Bertz CT molecular complexity index is 1470. The number of benzene rings is 3. The summed E-state index contributed by atoms with van der Waals surface area (Å²) in [5.74, 6) is 0.560. The van der Waals surface area contributed by atoms with Crippen LogP contribution >= 0.6 is 43.2 Å². The van der Waals surface area contributed by atoms with E-state index in [4.69, 9.17) is 14.8 Å². The maximum atomic E-state index is 11.8. The number of phenolic OH excluding ortho intramolecular Hbond substituents is 1. The van der Waals surface area contributed by atoms with E-state index in [0.717, 1.165) is 22.5 Å². The summed E-state index contributed by atoms with van der Waals surface area (Å²) >= 11 is 8.16. The molecule has 2 heterocycles. The van der Waals surface area contributed by atoms with E-state index >= 15 is 0 Å². The van der Waals surface area contributed by atoms with E-state index in [1.807, 2.05) is 53.9 Å². The smallest absolute Gasteiger partial charge is 0.262 e. The fourth-order valence-electron chi connectivity index (χ4n) is 3.33. The second kappa shape index (κ2) is 9.57. The van der Waals surface area contributed by atoms with Crippen LogP contribution in [0.15, 0.2) is 85.1 Å². The molecule has 170 valence electrons. The topological polar surface area (TPSA) is 88.2 Å². The molecule has 1 amide bonds. The van der Waals surface area contributed by atoms with Crippen LogP contribution in [0.5, 0.6) is 11.5 Å². The van der Waals surface area contributed by atoms with E-state index in [1.165, 1.54) is 11.3 Å². The van der Waals surface area contributed by atoms with Crippen molar-refractivity contribution in [3.8, 4) is 22.8 Å². The Hall–Kier alpha value is -3.21. The number of anilines is 1. The summed E-state index contributed by atoms with van der Waals surface area (Å²) in [4.78, 5) is 17.2. The van der Waals surface area contributed by atoms with E-state index < -0.39 is 0 Å². The molecule has 2 N–H and O–H groups in total. The molecule has 0 atom stereocenters. The highest BCUT2D eigenvalue weighted by atomic mass is 79.9. The molecule has 1 aromatic heterocycles. The number of aromatic nitrogens is 1. The molecular weight excluding hydrogens is 584 g/mol. The third-order valence-corrected chi connectivity index (χ3v) is 6.96. The van der Waals surface area contributed by atoms with Crippen molar-refractivity contribution in [3.05, 3.63) is 85.4 Å². The van der Waals surface area contributed by atoms with Gasteiger partial charge in [-0.2, -0.15) is 5.10 Å². The lowest BCUT2D eigenvalue weighted by Crippen LogP contribution is -2.25. The molecule has 7 nitrogen and oxygen atoms in total. The predicted molar refractivity (Wildman–Crippen MR) is 140 cm³/mol. The van der Waals surface area contributed by atoms with Crippen molar-refractivity contribution in [2.75, 3.05) is 11.9 Å². The zero-order chi connectivity index (χ0) is 23.7. The molecule has 0 fully saturated rings. The summed E-state index contributed by atoms with van der Waals surface area (Å²) in [6.07, 6.45) is 1.69. The summed E-state index contributed by atoms with van der Waals surface area (Å²) in [5.41, 5.74) is 3.85. The highest BCUT2D eigenvalue weighted by Crippen LogP contribution is 2.34. The number of amides is 1. The third kappa shape index (κ3) is 4.70. The average molecular weight is 600 g/mol. The van der Waals surface area contributed by atoms with Gasteiger partial charge in [0.2, 0.25) is 4.80 Å². The second-order valence-electron chi connectivity index (χ2n) is 7.29. The van der Waals surface area contributed by atoms with Crippen LogP contribution in [0.3, 0.4) is 0 Å². The van der Waals surface area contributed by atoms with Gasteiger partial charge in [-0.1, -0.05) is 18.2 Å². The predicted octanol–water partition coefficient (Wildman–Crippen LogP) is 5.89. The summed E-state index contributed by atoms with van der Waals surface area (Å²) in [6.45, 7) is 0.00689. The van der Waals surface area contributed by atoms with Gasteiger partial charge in [-0.25, -0.2) is 9.67 Å². The molecule has 34 heavy (non-hydrogen) atoms. The number of fused-ring (bicyclic) bond motifs is 1. The molecule has 5 rings (SSSR count). The summed E-state index contributed by atoms with van der Waals surface area (Å²) in [7, 11) is 0. The first-order valence-corrected chi connectivity index (χ1v) is 12.5. The van der Waals surface area contributed by atoms with Crippen LogP contribution in [0.25, 0.3) is 11.3 Å². The van der Waals surface area contributed by atoms with Crippen LogP contribution < -0.4 is 14.9 Å². The zero-order valence-corrected chi connectivity index (χ0v) is 21.4. The number of ether oxygens (including phenoxy) is 1. The van der Waals surface area contributed by atoms with Gasteiger partial charge < -0.3 is 15.2 Å². The van der Waals surface area contributed by atoms with Gasteiger partial charge in [-0.15, -0.1) is 11.3 Å². The molecule has 3 aromatic carbocycles. The van der Waals surface area contributed by atoms with Gasteiger partial charge in [0.15, 0.2) is 6.61 Å². The number of halogens is 2. The Labute approximate surface area is 215 Å². The number of aromatic hydroxyl groups is 1. The molecule has 0 aliphatic carbocycles. The van der Waals surface area contributed by atoms with Gasteiger partial charge >= 0.3 is 0 Å². The van der Waals surface area contributed by atoms with Gasteiger partial charge in [-0.3, -0.25) is 4.79 Å². The molecule has 4 aromatic rings. The Kier molecular flexibility index (Phi) is 6.36. The number of phenols is 1. The molecule has 0 saturated heterocycles. The summed E-state index contributed by atoms with van der Waals surface area (Å²) in [5, 5.41) is 19.5. The lowest BCUT2D eigenvalue weighted by atomic mass is 10.1. The number of nitrogens with zero attached hydrogens (tertiary/aromatic N) is 3. The Morgan fingerprint density at radius 2 is 1.85 bits per heavy atom. The maximum Gasteiger partial charge on any atom is 0.262 e. The first kappa shape index (κ1) is 22.6. The number of hydrogen-bond acceptors (Lipinski definition) is 6. The van der Waals surface area contributed by atoms with Crippen molar-refractivity contribution in [1.82, 2.24) is 4.68 Å². The van der Waals surface area contributed by atoms with Crippen LogP contribution in [0.4, 0.5) is 11.4 Å². The van der Waals surface area contributed by atoms with E-state index in [9.17, 15) is 9.90 Å². The second-order valence-corrected chi connectivity index (χ2v) is 9.83. The highest BCUT2D eigenvalue weighted by Gasteiger charge is 2.18. The van der Waals surface area contributed by atoms with Gasteiger partial charge in [0.1, 0.15) is 11.5 Å². The zero-order valence-electron chi connectivity index (χ0n) is 17.4. The van der Waals surface area contributed by atoms with E-state index in [1.54, 1.807) is 23.0 Å². The van der Waals surface area contributed by atoms with E-state index in [-0.39, 0.29) is 18.3 Å². The monoisotopic (exact) mass is 598 g/mol. The van der Waals surface area contributed by atoms with Gasteiger partial charge in [0.05, 0.1) is 32.2 Å². The lowest BCUT2D eigenvalue weighted by molar-refractivity contribution is -0.118. The number of hydrogen-bond donors (Lipinski definition) is 2. The Morgan fingerprint density at radius 3 is 2.62 bits per heavy atom. The molecule has 10 heteroatoms. The highest BCUT2D eigenvalue weighted by molar-refractivity contribution is 9.11. The maximum absolute atomic E-state index is 11.8. The van der Waals surface area contributed by atoms with Crippen LogP contribution in [-0.4, -0.2) is 28.5 Å². The summed E-state index contributed by atoms with van der Waals surface area (Å²) in [6, 6.07) is 18.8. The first-order chi connectivity index (χ1) is 16.5. The fraction of sp³-hybridized carbons (Fsp3) is 0.0417. The largest absolute Gasteiger partial charge is 0.506 e. The van der Waals surface area contributed by atoms with Crippen molar-refractivity contribution in [2.24, 2.45) is 10.1 Å². The van der Waals surface area contributed by atoms with E-state index in [2.05, 4.69) is 37.2 Å². The number of carbonyl (C=O) groups is 1. The lowest BCUT2D eigenvalue weighted by Gasteiger charge is -2.18. The normalized spacial score (nSPS) is 13.6. The minimum absolute atomic E-state index is 0.00689. The molecule has 0 radical (unpaired) electrons. The molecule has 0 unspecified atom stereocenters.